The molecule has 0 saturated carbocycles. The quantitative estimate of drug-likeness (QED) is 0.660. The van der Waals surface area contributed by atoms with E-state index in [2.05, 4.69) is 31.9 Å². The van der Waals surface area contributed by atoms with Gasteiger partial charge in [0.15, 0.2) is 5.78 Å². The summed E-state index contributed by atoms with van der Waals surface area (Å²) in [5.41, 5.74) is -1.32. The molecule has 2 aromatic heterocycles. The van der Waals surface area contributed by atoms with Crippen LogP contribution in [0.15, 0.2) is 36.8 Å². The van der Waals surface area contributed by atoms with E-state index in [1.165, 1.54) is 11.3 Å². The van der Waals surface area contributed by atoms with Gasteiger partial charge in [0, 0.05) is 17.8 Å². The molecule has 0 radical (unpaired) electrons. The van der Waals surface area contributed by atoms with Gasteiger partial charge in [0.2, 0.25) is 0 Å². The van der Waals surface area contributed by atoms with Gasteiger partial charge >= 0.3 is 6.18 Å². The van der Waals surface area contributed by atoms with Crippen molar-refractivity contribution in [3.63, 3.8) is 0 Å². The number of carbonyl (C=O) groups excluding carboxylic acids is 1. The summed E-state index contributed by atoms with van der Waals surface area (Å²) in [4.78, 5) is 23.7. The van der Waals surface area contributed by atoms with Gasteiger partial charge in [-0.2, -0.15) is 13.2 Å². The fourth-order valence-corrected chi connectivity index (χ4v) is 4.45. The van der Waals surface area contributed by atoms with Crippen molar-refractivity contribution in [2.75, 3.05) is 0 Å². The molecule has 112 valence electrons. The van der Waals surface area contributed by atoms with Crippen molar-refractivity contribution in [3.05, 3.63) is 53.4 Å². The molecule has 3 nitrogen and oxygen atoms in total. The standard InChI is InChI=1S/C12H6Br2F3NO2S/c13-9-3-7(11(14)21-9)8(19)5-18-4-6(12(15,16)17)1-2-10(18)20/h1-4H,5H2. The number of halogens is 5. The number of hydrogen-bond donors (Lipinski definition) is 0. The maximum atomic E-state index is 12.6. The van der Waals surface area contributed by atoms with E-state index >= 15 is 0 Å². The number of hydrogen-bond acceptors (Lipinski definition) is 3. The van der Waals surface area contributed by atoms with Crippen LogP contribution in [0.1, 0.15) is 15.9 Å². The molecule has 0 aliphatic carbocycles. The Hall–Kier alpha value is -0.930. The number of aromatic nitrogens is 1. The maximum absolute atomic E-state index is 12.6. The number of rotatable bonds is 3. The maximum Gasteiger partial charge on any atom is 0.417 e. The summed E-state index contributed by atoms with van der Waals surface area (Å²) in [6, 6.07) is 3.05. The molecule has 0 aliphatic heterocycles. The summed E-state index contributed by atoms with van der Waals surface area (Å²) in [5.74, 6) is -0.453. The third kappa shape index (κ3) is 3.83. The Morgan fingerprint density at radius 1 is 1.29 bits per heavy atom. The second kappa shape index (κ2) is 6.05. The minimum Gasteiger partial charge on any atom is -0.307 e. The Bertz CT molecular complexity index is 752. The molecule has 9 heteroatoms. The normalized spacial score (nSPS) is 11.7. The summed E-state index contributed by atoms with van der Waals surface area (Å²) < 4.78 is 39.9. The first-order valence-electron chi connectivity index (χ1n) is 5.44. The molecule has 0 spiro atoms. The monoisotopic (exact) mass is 443 g/mol. The van der Waals surface area contributed by atoms with E-state index in [0.717, 1.165) is 10.6 Å². The van der Waals surface area contributed by atoms with Gasteiger partial charge in [-0.3, -0.25) is 9.59 Å². The zero-order valence-electron chi connectivity index (χ0n) is 10.1. The van der Waals surface area contributed by atoms with Crippen LogP contribution in [-0.2, 0) is 12.7 Å². The molecule has 2 rings (SSSR count). The number of carbonyl (C=O) groups is 1. The van der Waals surface area contributed by atoms with Crippen LogP contribution in [0, 0.1) is 0 Å². The van der Waals surface area contributed by atoms with E-state index in [1.54, 1.807) is 6.07 Å². The van der Waals surface area contributed by atoms with E-state index in [1.807, 2.05) is 0 Å². The number of ketones is 1. The fourth-order valence-electron chi connectivity index (χ4n) is 1.59. The van der Waals surface area contributed by atoms with Crippen molar-refractivity contribution in [3.8, 4) is 0 Å². The number of alkyl halides is 3. The first-order valence-corrected chi connectivity index (χ1v) is 7.84. The molecule has 0 fully saturated rings. The van der Waals surface area contributed by atoms with Gasteiger partial charge in [-0.05, 0) is 44.0 Å². The average Bonchev–Trinajstić information content (AvgIpc) is 2.70. The highest BCUT2D eigenvalue weighted by atomic mass is 79.9. The summed E-state index contributed by atoms with van der Waals surface area (Å²) in [5, 5.41) is 0. The largest absolute Gasteiger partial charge is 0.417 e. The van der Waals surface area contributed by atoms with Crippen LogP contribution >= 0.6 is 43.2 Å². The molecule has 2 heterocycles. The van der Waals surface area contributed by atoms with Gasteiger partial charge in [0.1, 0.15) is 0 Å². The van der Waals surface area contributed by atoms with Crippen molar-refractivity contribution >= 4 is 49.0 Å². The van der Waals surface area contributed by atoms with Crippen LogP contribution in [0.2, 0.25) is 0 Å². The minimum absolute atomic E-state index is 0.316. The Morgan fingerprint density at radius 3 is 2.48 bits per heavy atom. The lowest BCUT2D eigenvalue weighted by Gasteiger charge is -2.10. The zero-order valence-corrected chi connectivity index (χ0v) is 14.1. The van der Waals surface area contributed by atoms with Crippen LogP contribution in [-0.4, -0.2) is 10.4 Å². The second-order valence-corrected chi connectivity index (χ2v) is 7.79. The molecule has 2 aromatic rings. The van der Waals surface area contributed by atoms with Crippen LogP contribution in [0.3, 0.4) is 0 Å². The minimum atomic E-state index is -4.56. The van der Waals surface area contributed by atoms with E-state index in [0.29, 0.717) is 25.4 Å². The summed E-state index contributed by atoms with van der Waals surface area (Å²) >= 11 is 7.67. The second-order valence-electron chi connectivity index (χ2n) is 4.04. The Kier molecular flexibility index (Phi) is 4.74. The van der Waals surface area contributed by atoms with Gasteiger partial charge < -0.3 is 4.57 Å². The molecule has 21 heavy (non-hydrogen) atoms. The van der Waals surface area contributed by atoms with Gasteiger partial charge in [-0.1, -0.05) is 0 Å². The van der Waals surface area contributed by atoms with Crippen molar-refractivity contribution in [2.24, 2.45) is 0 Å². The smallest absolute Gasteiger partial charge is 0.307 e. The number of nitrogens with zero attached hydrogens (tertiary/aromatic N) is 1. The predicted octanol–water partition coefficient (Wildman–Crippen LogP) is 4.34. The van der Waals surface area contributed by atoms with Gasteiger partial charge in [-0.15, -0.1) is 11.3 Å². The number of pyridine rings is 1. The van der Waals surface area contributed by atoms with E-state index in [-0.39, 0.29) is 0 Å². The highest BCUT2D eigenvalue weighted by Crippen LogP contribution is 2.32. The first kappa shape index (κ1) is 16.4. The Morgan fingerprint density at radius 2 is 1.95 bits per heavy atom. The fraction of sp³-hybridized carbons (Fsp3) is 0.167. The lowest BCUT2D eigenvalue weighted by atomic mass is 10.2. The van der Waals surface area contributed by atoms with Gasteiger partial charge in [-0.25, -0.2) is 0 Å². The molecule has 0 aliphatic rings. The summed E-state index contributed by atoms with van der Waals surface area (Å²) in [6.45, 7) is -0.454. The van der Waals surface area contributed by atoms with E-state index < -0.39 is 29.6 Å². The molecule has 0 amide bonds. The van der Waals surface area contributed by atoms with Gasteiger partial charge in [0.05, 0.1) is 19.7 Å². The average molecular weight is 445 g/mol. The van der Waals surface area contributed by atoms with Crippen molar-refractivity contribution in [2.45, 2.75) is 12.7 Å². The lowest BCUT2D eigenvalue weighted by molar-refractivity contribution is -0.138. The molecule has 0 aromatic carbocycles. The summed E-state index contributed by atoms with van der Waals surface area (Å²) in [6.07, 6.45) is -3.92. The van der Waals surface area contributed by atoms with Crippen molar-refractivity contribution < 1.29 is 18.0 Å². The summed E-state index contributed by atoms with van der Waals surface area (Å²) in [7, 11) is 0. The van der Waals surface area contributed by atoms with Crippen LogP contribution in [0.5, 0.6) is 0 Å². The lowest BCUT2D eigenvalue weighted by Crippen LogP contribution is -2.25. The Labute approximate surface area is 137 Å². The highest BCUT2D eigenvalue weighted by Gasteiger charge is 2.31. The van der Waals surface area contributed by atoms with Crippen LogP contribution < -0.4 is 5.56 Å². The van der Waals surface area contributed by atoms with E-state index in [4.69, 9.17) is 0 Å². The predicted molar refractivity (Wildman–Crippen MR) is 79.8 cm³/mol. The molecule has 0 saturated heterocycles. The zero-order chi connectivity index (χ0) is 15.8. The molecule has 0 atom stereocenters. The van der Waals surface area contributed by atoms with Crippen LogP contribution in [0.25, 0.3) is 0 Å². The Balaban J connectivity index is 2.33. The highest BCUT2D eigenvalue weighted by molar-refractivity contribution is 9.12. The SMILES string of the molecule is O=C(Cn1cc(C(F)(F)F)ccc1=O)c1cc(Br)sc1Br. The molecule has 0 N–H and O–H groups in total. The first-order chi connectivity index (χ1) is 9.68. The molecular formula is C12H6Br2F3NO2S. The van der Waals surface area contributed by atoms with Crippen molar-refractivity contribution in [1.29, 1.82) is 0 Å². The third-order valence-electron chi connectivity index (χ3n) is 2.58. The van der Waals surface area contributed by atoms with Crippen LogP contribution in [0.4, 0.5) is 13.2 Å². The van der Waals surface area contributed by atoms with Crippen molar-refractivity contribution in [1.82, 2.24) is 4.57 Å². The number of thiophene rings is 1. The molecular weight excluding hydrogens is 439 g/mol. The topological polar surface area (TPSA) is 39.1 Å². The number of Topliss-reactive ketones (excluding diaryl/α,β-unsaturated/α-hetero) is 1. The van der Waals surface area contributed by atoms with E-state index in [9.17, 15) is 22.8 Å². The molecule has 0 unspecified atom stereocenters. The third-order valence-corrected chi connectivity index (χ3v) is 4.92. The van der Waals surface area contributed by atoms with Gasteiger partial charge in [0.25, 0.3) is 5.56 Å². The molecule has 0 bridgehead atoms.